The predicted molar refractivity (Wildman–Crippen MR) is 216 cm³/mol. The van der Waals surface area contributed by atoms with E-state index in [4.69, 9.17) is 33.2 Å². The fourth-order valence-electron chi connectivity index (χ4n) is 6.76. The molecule has 0 aromatic rings. The molecule has 0 aromatic carbocycles. The highest BCUT2D eigenvalue weighted by Crippen LogP contribution is 2.34. The van der Waals surface area contributed by atoms with Crippen molar-refractivity contribution in [3.63, 3.8) is 0 Å². The Morgan fingerprint density at radius 3 is 1.83 bits per heavy atom. The van der Waals surface area contributed by atoms with Crippen LogP contribution in [0.25, 0.3) is 0 Å². The van der Waals surface area contributed by atoms with Gasteiger partial charge in [0.15, 0.2) is 12.4 Å². The molecule has 1 fully saturated rings. The van der Waals surface area contributed by atoms with Crippen LogP contribution in [-0.2, 0) is 61.9 Å². The first-order valence-corrected chi connectivity index (χ1v) is 20.4. The number of esters is 3. The fraction of sp³-hybridized carbons (Fsp3) is 0.833. The molecule has 5 atom stereocenters. The van der Waals surface area contributed by atoms with E-state index in [1.807, 2.05) is 69.2 Å². The van der Waals surface area contributed by atoms with Crippen molar-refractivity contribution in [2.75, 3.05) is 26.3 Å². The van der Waals surface area contributed by atoms with Gasteiger partial charge in [-0.05, 0) is 93.9 Å². The molecule has 0 spiro atoms. The highest BCUT2D eigenvalue weighted by Gasteiger charge is 2.52. The van der Waals surface area contributed by atoms with Crippen LogP contribution in [0.3, 0.4) is 0 Å². The third-order valence-electron chi connectivity index (χ3n) is 9.33. The van der Waals surface area contributed by atoms with Crippen LogP contribution >= 0.6 is 0 Å². The van der Waals surface area contributed by atoms with Gasteiger partial charge < -0.3 is 49.1 Å². The quantitative estimate of drug-likeness (QED) is 0.0653. The molecule has 17 heteroatoms. The van der Waals surface area contributed by atoms with E-state index < -0.39 is 82.3 Å². The summed E-state index contributed by atoms with van der Waals surface area (Å²) >= 11 is 0. The highest BCUT2D eigenvalue weighted by atomic mass is 16.8. The number of nitrogens with one attached hydrogen (secondary N) is 3. The first kappa shape index (κ1) is 53.2. The molecule has 59 heavy (non-hydrogen) atoms. The Kier molecular flexibility index (Phi) is 20.9. The third-order valence-corrected chi connectivity index (χ3v) is 9.33. The molecule has 0 bridgehead atoms. The van der Waals surface area contributed by atoms with Crippen molar-refractivity contribution in [3.05, 3.63) is 0 Å². The second-order valence-corrected chi connectivity index (χ2v) is 18.4. The van der Waals surface area contributed by atoms with Crippen molar-refractivity contribution in [1.29, 1.82) is 5.26 Å². The van der Waals surface area contributed by atoms with E-state index in [-0.39, 0.29) is 24.8 Å². The number of ether oxygens (including phenoxy) is 7. The standard InChI is InChI=1S/C42H72N4O13/c1-27(47)46-32-33(55-28(2)48)34(56-29(3)49)36(57-30(4)50)58-35(32)53-23-17-15-16-21-45-37(52)39(7,8)24-41(11,12)59-42(13,14)26-54-40(9,10)20-22-44-31(51)18-19-38(5,6)25-43/h32-36H,15-24,26H2,1-14H3,(H,44,51)(H,45,52)(H,46,47)/t32-,33-,34-,35-,36+/m1/s1. The second kappa shape index (κ2) is 23.2. The molecule has 3 N–H and O–H groups in total. The van der Waals surface area contributed by atoms with E-state index in [2.05, 4.69) is 22.0 Å². The lowest BCUT2D eigenvalue weighted by Crippen LogP contribution is -2.66. The third kappa shape index (κ3) is 21.3. The van der Waals surface area contributed by atoms with Crippen LogP contribution in [0, 0.1) is 22.2 Å². The molecule has 3 amide bonds. The first-order valence-electron chi connectivity index (χ1n) is 20.4. The van der Waals surface area contributed by atoms with Crippen molar-refractivity contribution in [1.82, 2.24) is 16.0 Å². The fourth-order valence-corrected chi connectivity index (χ4v) is 6.76. The molecule has 0 radical (unpaired) electrons. The number of carbonyl (C=O) groups is 6. The summed E-state index contributed by atoms with van der Waals surface area (Å²) in [6.07, 6.45) is -1.76. The van der Waals surface area contributed by atoms with Crippen LogP contribution < -0.4 is 16.0 Å². The monoisotopic (exact) mass is 841 g/mol. The summed E-state index contributed by atoms with van der Waals surface area (Å²) in [5.74, 6) is -2.93. The van der Waals surface area contributed by atoms with Gasteiger partial charge in [-0.15, -0.1) is 0 Å². The SMILES string of the molecule is CC(=O)N[C@H]1[C@H](OCCCCCNC(=O)C(C)(C)CC(C)(C)OC(C)(C)COC(C)(C)CCNC(=O)CCC(C)(C)C#N)O[C@H](OC(C)=O)[C@H](OC(C)=O)[C@@H]1OC(C)=O. The molecule has 1 rings (SSSR count). The minimum Gasteiger partial charge on any atom is -0.456 e. The van der Waals surface area contributed by atoms with Gasteiger partial charge in [0.1, 0.15) is 6.04 Å². The lowest BCUT2D eigenvalue weighted by Gasteiger charge is -2.44. The molecular formula is C42H72N4O13. The zero-order valence-corrected chi connectivity index (χ0v) is 37.9. The number of hydrogen-bond donors (Lipinski definition) is 3. The van der Waals surface area contributed by atoms with Gasteiger partial charge in [-0.2, -0.15) is 5.26 Å². The van der Waals surface area contributed by atoms with Crippen molar-refractivity contribution in [3.8, 4) is 6.07 Å². The Morgan fingerprint density at radius 2 is 1.27 bits per heavy atom. The predicted octanol–water partition coefficient (Wildman–Crippen LogP) is 4.52. The largest absolute Gasteiger partial charge is 0.456 e. The lowest BCUT2D eigenvalue weighted by molar-refractivity contribution is -0.321. The Labute approximate surface area is 351 Å². The Balaban J connectivity index is 2.65. The number of amides is 3. The minimum absolute atomic E-state index is 0.0930. The molecule has 0 saturated carbocycles. The van der Waals surface area contributed by atoms with Gasteiger partial charge in [-0.1, -0.05) is 13.8 Å². The number of carbonyl (C=O) groups excluding carboxylic acids is 6. The minimum atomic E-state index is -1.48. The van der Waals surface area contributed by atoms with Gasteiger partial charge in [0.2, 0.25) is 30.1 Å². The van der Waals surface area contributed by atoms with Crippen LogP contribution in [-0.4, -0.2) is 110 Å². The zero-order chi connectivity index (χ0) is 45.4. The Morgan fingerprint density at radius 1 is 0.678 bits per heavy atom. The Bertz CT molecular complexity index is 1470. The number of hydrogen-bond acceptors (Lipinski definition) is 14. The van der Waals surface area contributed by atoms with Crippen molar-refractivity contribution in [2.45, 2.75) is 190 Å². The van der Waals surface area contributed by atoms with Crippen molar-refractivity contribution < 1.29 is 61.9 Å². The van der Waals surface area contributed by atoms with Crippen LogP contribution in [0.15, 0.2) is 0 Å². The molecule has 1 saturated heterocycles. The van der Waals surface area contributed by atoms with Gasteiger partial charge in [-0.3, -0.25) is 28.8 Å². The Hall–Kier alpha value is -3.85. The van der Waals surface area contributed by atoms with Gasteiger partial charge >= 0.3 is 17.9 Å². The van der Waals surface area contributed by atoms with E-state index in [0.29, 0.717) is 58.2 Å². The average Bonchev–Trinajstić information content (AvgIpc) is 3.07. The van der Waals surface area contributed by atoms with Gasteiger partial charge in [0, 0.05) is 59.2 Å². The summed E-state index contributed by atoms with van der Waals surface area (Å²) in [5, 5.41) is 17.7. The van der Waals surface area contributed by atoms with Gasteiger partial charge in [0.05, 0.1) is 34.9 Å². The first-order chi connectivity index (χ1) is 27.0. The maximum absolute atomic E-state index is 13.3. The maximum Gasteiger partial charge on any atom is 0.305 e. The molecule has 338 valence electrons. The summed E-state index contributed by atoms with van der Waals surface area (Å²) in [5.41, 5.74) is -3.21. The number of nitrogens with zero attached hydrogens (tertiary/aromatic N) is 1. The van der Waals surface area contributed by atoms with E-state index in [1.54, 1.807) is 0 Å². The van der Waals surface area contributed by atoms with Crippen LogP contribution in [0.4, 0.5) is 0 Å². The lowest BCUT2D eigenvalue weighted by atomic mass is 9.80. The van der Waals surface area contributed by atoms with E-state index in [9.17, 15) is 34.0 Å². The molecule has 0 aromatic heterocycles. The zero-order valence-electron chi connectivity index (χ0n) is 37.9. The summed E-state index contributed by atoms with van der Waals surface area (Å²) in [6.45, 7) is 25.0. The molecule has 17 nitrogen and oxygen atoms in total. The van der Waals surface area contributed by atoms with Crippen LogP contribution in [0.5, 0.6) is 0 Å². The number of unbranched alkanes of at least 4 members (excludes halogenated alkanes) is 2. The summed E-state index contributed by atoms with van der Waals surface area (Å²) in [4.78, 5) is 73.5. The van der Waals surface area contributed by atoms with E-state index in [0.717, 1.165) is 20.8 Å². The normalized spacial score (nSPS) is 20.1. The summed E-state index contributed by atoms with van der Waals surface area (Å²) in [6, 6.07) is 1.11. The van der Waals surface area contributed by atoms with Gasteiger partial charge in [-0.25, -0.2) is 0 Å². The highest BCUT2D eigenvalue weighted by molar-refractivity contribution is 5.81. The topological polar surface area (TPSA) is 227 Å². The molecule has 0 unspecified atom stereocenters. The molecule has 1 aliphatic rings. The van der Waals surface area contributed by atoms with E-state index in [1.165, 1.54) is 6.92 Å². The average molecular weight is 841 g/mol. The van der Waals surface area contributed by atoms with Crippen molar-refractivity contribution >= 4 is 35.6 Å². The van der Waals surface area contributed by atoms with E-state index >= 15 is 0 Å². The molecule has 1 heterocycles. The van der Waals surface area contributed by atoms with Crippen molar-refractivity contribution in [2.24, 2.45) is 10.8 Å². The smallest absolute Gasteiger partial charge is 0.305 e. The summed E-state index contributed by atoms with van der Waals surface area (Å²) < 4.78 is 40.5. The molecule has 0 aliphatic carbocycles. The maximum atomic E-state index is 13.3. The molecule has 1 aliphatic heterocycles. The molecular weight excluding hydrogens is 768 g/mol. The summed E-state index contributed by atoms with van der Waals surface area (Å²) in [7, 11) is 0. The number of rotatable bonds is 25. The van der Waals surface area contributed by atoms with Crippen LogP contribution in [0.2, 0.25) is 0 Å². The number of nitriles is 1. The van der Waals surface area contributed by atoms with Crippen LogP contribution in [0.1, 0.15) is 142 Å². The second-order valence-electron chi connectivity index (χ2n) is 18.4. The van der Waals surface area contributed by atoms with Gasteiger partial charge in [0.25, 0.3) is 0 Å².